The third-order valence-corrected chi connectivity index (χ3v) is 4.08. The highest BCUT2D eigenvalue weighted by Gasteiger charge is 2.17. The number of nitrogens with one attached hydrogen (secondary N) is 2. The van der Waals surface area contributed by atoms with Crippen molar-refractivity contribution in [1.29, 1.82) is 0 Å². The van der Waals surface area contributed by atoms with E-state index in [0.717, 1.165) is 11.3 Å². The standard InChI is InChI=1S/C21H26N2O6/c1-14-7-9-16(10-8-14)29-11-5-6-19(24)22-23-21(25)15-12-17(26-2)20(28-4)18(13-15)27-3/h7-10,12-13H,5-6,11H2,1-4H3,(H,22,24)(H,23,25). The summed E-state index contributed by atoms with van der Waals surface area (Å²) in [7, 11) is 4.39. The summed E-state index contributed by atoms with van der Waals surface area (Å²) in [5, 5.41) is 0. The van der Waals surface area contributed by atoms with Crippen LogP contribution in [0.5, 0.6) is 23.0 Å². The first-order chi connectivity index (χ1) is 14.0. The van der Waals surface area contributed by atoms with Crippen LogP contribution in [0.4, 0.5) is 0 Å². The molecule has 0 spiro atoms. The second kappa shape index (κ2) is 10.8. The van der Waals surface area contributed by atoms with Gasteiger partial charge < -0.3 is 18.9 Å². The number of ether oxygens (including phenoxy) is 4. The molecule has 0 aliphatic carbocycles. The zero-order chi connectivity index (χ0) is 21.2. The molecule has 2 N–H and O–H groups in total. The smallest absolute Gasteiger partial charge is 0.269 e. The van der Waals surface area contributed by atoms with Gasteiger partial charge in [-0.15, -0.1) is 0 Å². The molecular weight excluding hydrogens is 376 g/mol. The normalized spacial score (nSPS) is 10.1. The minimum atomic E-state index is -0.506. The summed E-state index contributed by atoms with van der Waals surface area (Å²) in [6.07, 6.45) is 0.723. The summed E-state index contributed by atoms with van der Waals surface area (Å²) in [6.45, 7) is 2.40. The largest absolute Gasteiger partial charge is 0.494 e. The maximum absolute atomic E-state index is 12.3. The summed E-state index contributed by atoms with van der Waals surface area (Å²) in [5.41, 5.74) is 6.16. The fourth-order valence-corrected chi connectivity index (χ4v) is 2.53. The highest BCUT2D eigenvalue weighted by atomic mass is 16.5. The second-order valence-electron chi connectivity index (χ2n) is 6.18. The van der Waals surface area contributed by atoms with E-state index in [0.29, 0.717) is 30.3 Å². The molecule has 0 unspecified atom stereocenters. The number of hydrogen-bond donors (Lipinski definition) is 2. The van der Waals surface area contributed by atoms with Crippen molar-refractivity contribution in [2.75, 3.05) is 27.9 Å². The molecule has 2 aromatic carbocycles. The van der Waals surface area contributed by atoms with Gasteiger partial charge in [-0.1, -0.05) is 17.7 Å². The average molecular weight is 402 g/mol. The van der Waals surface area contributed by atoms with Crippen LogP contribution in [0.15, 0.2) is 36.4 Å². The van der Waals surface area contributed by atoms with Crippen LogP contribution in [0.2, 0.25) is 0 Å². The molecule has 0 aliphatic heterocycles. The highest BCUT2D eigenvalue weighted by Crippen LogP contribution is 2.38. The lowest BCUT2D eigenvalue weighted by atomic mass is 10.1. The van der Waals surface area contributed by atoms with Crippen LogP contribution in [-0.4, -0.2) is 39.8 Å². The third-order valence-electron chi connectivity index (χ3n) is 4.08. The van der Waals surface area contributed by atoms with Gasteiger partial charge in [0.2, 0.25) is 11.7 Å². The Balaban J connectivity index is 1.80. The molecule has 2 rings (SSSR count). The molecule has 2 aromatic rings. The van der Waals surface area contributed by atoms with Crippen LogP contribution in [0.25, 0.3) is 0 Å². The van der Waals surface area contributed by atoms with Gasteiger partial charge >= 0.3 is 0 Å². The Hall–Kier alpha value is -3.42. The number of hydrogen-bond acceptors (Lipinski definition) is 6. The maximum Gasteiger partial charge on any atom is 0.269 e. The van der Waals surface area contributed by atoms with Gasteiger partial charge in [-0.2, -0.15) is 0 Å². The maximum atomic E-state index is 12.3. The molecule has 0 aromatic heterocycles. The molecule has 0 heterocycles. The molecule has 8 nitrogen and oxygen atoms in total. The first-order valence-electron chi connectivity index (χ1n) is 9.07. The van der Waals surface area contributed by atoms with Gasteiger partial charge in [-0.05, 0) is 37.6 Å². The molecule has 0 saturated carbocycles. The Morgan fingerprint density at radius 2 is 1.52 bits per heavy atom. The van der Waals surface area contributed by atoms with Crippen LogP contribution in [0.3, 0.4) is 0 Å². The average Bonchev–Trinajstić information content (AvgIpc) is 2.75. The molecule has 0 fully saturated rings. The lowest BCUT2D eigenvalue weighted by molar-refractivity contribution is -0.122. The van der Waals surface area contributed by atoms with E-state index in [1.807, 2.05) is 31.2 Å². The van der Waals surface area contributed by atoms with E-state index >= 15 is 0 Å². The van der Waals surface area contributed by atoms with E-state index in [1.54, 1.807) is 0 Å². The molecule has 0 radical (unpaired) electrons. The van der Waals surface area contributed by atoms with Crippen LogP contribution in [0, 0.1) is 6.92 Å². The Labute approximate surface area is 170 Å². The molecular formula is C21H26N2O6. The monoisotopic (exact) mass is 402 g/mol. The van der Waals surface area contributed by atoms with Crippen molar-refractivity contribution >= 4 is 11.8 Å². The zero-order valence-electron chi connectivity index (χ0n) is 17.0. The number of carbonyl (C=O) groups excluding carboxylic acids is 2. The van der Waals surface area contributed by atoms with Crippen molar-refractivity contribution in [2.45, 2.75) is 19.8 Å². The van der Waals surface area contributed by atoms with Crippen LogP contribution in [-0.2, 0) is 4.79 Å². The number of carbonyl (C=O) groups is 2. The zero-order valence-corrected chi connectivity index (χ0v) is 17.0. The Kier molecular flexibility index (Phi) is 8.14. The second-order valence-corrected chi connectivity index (χ2v) is 6.18. The SMILES string of the molecule is COc1cc(C(=O)NNC(=O)CCCOc2ccc(C)cc2)cc(OC)c1OC. The van der Waals surface area contributed by atoms with Crippen molar-refractivity contribution in [3.63, 3.8) is 0 Å². The van der Waals surface area contributed by atoms with Crippen molar-refractivity contribution < 1.29 is 28.5 Å². The molecule has 2 amide bonds. The number of benzene rings is 2. The minimum absolute atomic E-state index is 0.210. The topological polar surface area (TPSA) is 95.1 Å². The van der Waals surface area contributed by atoms with Gasteiger partial charge in [0, 0.05) is 12.0 Å². The Morgan fingerprint density at radius 1 is 0.897 bits per heavy atom. The van der Waals surface area contributed by atoms with Crippen molar-refractivity contribution in [3.8, 4) is 23.0 Å². The summed E-state index contributed by atoms with van der Waals surface area (Å²) in [5.74, 6) is 0.996. The summed E-state index contributed by atoms with van der Waals surface area (Å²) in [4.78, 5) is 24.3. The van der Waals surface area contributed by atoms with Crippen molar-refractivity contribution in [3.05, 3.63) is 47.5 Å². The van der Waals surface area contributed by atoms with E-state index in [9.17, 15) is 9.59 Å². The fraction of sp³-hybridized carbons (Fsp3) is 0.333. The summed E-state index contributed by atoms with van der Waals surface area (Å²) >= 11 is 0. The fourth-order valence-electron chi connectivity index (χ4n) is 2.53. The van der Waals surface area contributed by atoms with Crippen LogP contribution in [0.1, 0.15) is 28.8 Å². The molecule has 0 atom stereocenters. The van der Waals surface area contributed by atoms with Crippen molar-refractivity contribution in [1.82, 2.24) is 10.9 Å². The van der Waals surface area contributed by atoms with E-state index in [2.05, 4.69) is 10.9 Å². The van der Waals surface area contributed by atoms with Gasteiger partial charge in [0.05, 0.1) is 27.9 Å². The van der Waals surface area contributed by atoms with E-state index < -0.39 is 5.91 Å². The minimum Gasteiger partial charge on any atom is -0.494 e. The van der Waals surface area contributed by atoms with Gasteiger partial charge in [0.15, 0.2) is 11.5 Å². The van der Waals surface area contributed by atoms with Crippen LogP contribution >= 0.6 is 0 Å². The first kappa shape index (κ1) is 21.9. The number of aryl methyl sites for hydroxylation is 1. The predicted molar refractivity (Wildman–Crippen MR) is 108 cm³/mol. The molecule has 0 bridgehead atoms. The van der Waals surface area contributed by atoms with E-state index in [4.69, 9.17) is 18.9 Å². The van der Waals surface area contributed by atoms with Crippen molar-refractivity contribution in [2.24, 2.45) is 0 Å². The number of hydrazine groups is 1. The molecule has 0 aliphatic rings. The lowest BCUT2D eigenvalue weighted by Crippen LogP contribution is -2.41. The number of amides is 2. The van der Waals surface area contributed by atoms with E-state index in [1.165, 1.54) is 33.5 Å². The molecule has 156 valence electrons. The third kappa shape index (κ3) is 6.31. The molecule has 0 saturated heterocycles. The first-order valence-corrected chi connectivity index (χ1v) is 9.07. The van der Waals surface area contributed by atoms with Gasteiger partial charge in [-0.25, -0.2) is 0 Å². The van der Waals surface area contributed by atoms with Gasteiger partial charge in [0.25, 0.3) is 5.91 Å². The highest BCUT2D eigenvalue weighted by molar-refractivity contribution is 5.96. The Morgan fingerprint density at radius 3 is 2.07 bits per heavy atom. The lowest BCUT2D eigenvalue weighted by Gasteiger charge is -2.14. The van der Waals surface area contributed by atoms with Crippen LogP contribution < -0.4 is 29.8 Å². The number of rotatable bonds is 9. The summed E-state index contributed by atoms with van der Waals surface area (Å²) < 4.78 is 21.2. The number of methoxy groups -OCH3 is 3. The van der Waals surface area contributed by atoms with E-state index in [-0.39, 0.29) is 17.9 Å². The Bertz CT molecular complexity index is 811. The van der Waals surface area contributed by atoms with Gasteiger partial charge in [0.1, 0.15) is 5.75 Å². The molecule has 8 heteroatoms. The molecule has 29 heavy (non-hydrogen) atoms. The van der Waals surface area contributed by atoms with Gasteiger partial charge in [-0.3, -0.25) is 20.4 Å². The predicted octanol–water partition coefficient (Wildman–Crippen LogP) is 2.64. The quantitative estimate of drug-likeness (QED) is 0.495. The summed E-state index contributed by atoms with van der Waals surface area (Å²) in [6, 6.07) is 10.7.